The fourth-order valence-corrected chi connectivity index (χ4v) is 3.70. The van der Waals surface area contributed by atoms with Crippen molar-refractivity contribution in [3.05, 3.63) is 47.5 Å². The highest BCUT2D eigenvalue weighted by atomic mass is 32.2. The minimum Gasteiger partial charge on any atom is -0.496 e. The SMILES string of the molecule is COc1ccc(SC)cc1-c1[nH]c2ccc(C#N)cc2c1CCCCN. The third-order valence-electron chi connectivity index (χ3n) is 4.59. The van der Waals surface area contributed by atoms with E-state index in [1.54, 1.807) is 18.9 Å². The summed E-state index contributed by atoms with van der Waals surface area (Å²) in [6, 6.07) is 14.3. The van der Waals surface area contributed by atoms with E-state index in [1.807, 2.05) is 24.3 Å². The summed E-state index contributed by atoms with van der Waals surface area (Å²) in [6.07, 6.45) is 4.97. The number of rotatable bonds is 7. The molecule has 5 heteroatoms. The van der Waals surface area contributed by atoms with Gasteiger partial charge in [0.1, 0.15) is 5.75 Å². The maximum atomic E-state index is 9.28. The largest absolute Gasteiger partial charge is 0.496 e. The molecule has 2 aromatic carbocycles. The van der Waals surface area contributed by atoms with E-state index in [0.717, 1.165) is 47.2 Å². The fraction of sp³-hybridized carbons (Fsp3) is 0.286. The van der Waals surface area contributed by atoms with Crippen LogP contribution in [0.5, 0.6) is 5.75 Å². The number of nitrogens with one attached hydrogen (secondary N) is 1. The van der Waals surface area contributed by atoms with Crippen LogP contribution in [0.3, 0.4) is 0 Å². The first-order valence-electron chi connectivity index (χ1n) is 8.69. The van der Waals surface area contributed by atoms with E-state index >= 15 is 0 Å². The van der Waals surface area contributed by atoms with Crippen LogP contribution >= 0.6 is 11.8 Å². The van der Waals surface area contributed by atoms with Crippen LogP contribution in [0.15, 0.2) is 41.3 Å². The molecule has 4 nitrogen and oxygen atoms in total. The quantitative estimate of drug-likeness (QED) is 0.469. The summed E-state index contributed by atoms with van der Waals surface area (Å²) < 4.78 is 5.62. The van der Waals surface area contributed by atoms with Gasteiger partial charge in [0.15, 0.2) is 0 Å². The van der Waals surface area contributed by atoms with Crippen molar-refractivity contribution in [3.8, 4) is 23.1 Å². The van der Waals surface area contributed by atoms with Gasteiger partial charge in [0, 0.05) is 21.4 Å². The number of aryl methyl sites for hydroxylation is 1. The topological polar surface area (TPSA) is 74.8 Å². The number of methoxy groups -OCH3 is 1. The van der Waals surface area contributed by atoms with Crippen LogP contribution in [0, 0.1) is 11.3 Å². The second-order valence-electron chi connectivity index (χ2n) is 6.16. The lowest BCUT2D eigenvalue weighted by Crippen LogP contribution is -1.99. The van der Waals surface area contributed by atoms with Crippen molar-refractivity contribution in [2.45, 2.75) is 24.2 Å². The predicted octanol–water partition coefficient (Wildman–Crippen LogP) is 4.72. The van der Waals surface area contributed by atoms with Gasteiger partial charge in [-0.05, 0) is 74.0 Å². The first kappa shape index (κ1) is 18.4. The molecule has 0 aliphatic carbocycles. The van der Waals surface area contributed by atoms with Crippen molar-refractivity contribution in [1.29, 1.82) is 5.26 Å². The fourth-order valence-electron chi connectivity index (χ4n) is 3.26. The van der Waals surface area contributed by atoms with Crippen LogP contribution in [-0.2, 0) is 6.42 Å². The highest BCUT2D eigenvalue weighted by molar-refractivity contribution is 7.98. The molecule has 0 aliphatic heterocycles. The summed E-state index contributed by atoms with van der Waals surface area (Å²) in [7, 11) is 1.70. The van der Waals surface area contributed by atoms with Crippen LogP contribution < -0.4 is 10.5 Å². The molecule has 0 spiro atoms. The summed E-state index contributed by atoms with van der Waals surface area (Å²) in [5.74, 6) is 0.843. The highest BCUT2D eigenvalue weighted by Crippen LogP contribution is 2.38. The van der Waals surface area contributed by atoms with E-state index < -0.39 is 0 Å². The van der Waals surface area contributed by atoms with Crippen molar-refractivity contribution in [1.82, 2.24) is 4.98 Å². The number of aromatic nitrogens is 1. The Bertz CT molecular complexity index is 956. The van der Waals surface area contributed by atoms with Crippen LogP contribution in [0.25, 0.3) is 22.2 Å². The Morgan fingerprint density at radius 3 is 2.73 bits per heavy atom. The molecule has 3 N–H and O–H groups in total. The third kappa shape index (κ3) is 3.57. The Morgan fingerprint density at radius 1 is 1.19 bits per heavy atom. The third-order valence-corrected chi connectivity index (χ3v) is 5.32. The molecular formula is C21H23N3OS. The Balaban J connectivity index is 2.21. The number of ether oxygens (including phenoxy) is 1. The molecule has 0 fully saturated rings. The maximum Gasteiger partial charge on any atom is 0.128 e. The average molecular weight is 366 g/mol. The second kappa shape index (κ2) is 8.31. The molecule has 0 atom stereocenters. The number of unbranched alkanes of at least 4 members (excludes halogenated alkanes) is 1. The van der Waals surface area contributed by atoms with Gasteiger partial charge in [-0.15, -0.1) is 11.8 Å². The number of nitrogens with two attached hydrogens (primary N) is 1. The van der Waals surface area contributed by atoms with E-state index in [9.17, 15) is 5.26 Å². The number of benzene rings is 2. The van der Waals surface area contributed by atoms with Gasteiger partial charge in [0.25, 0.3) is 0 Å². The van der Waals surface area contributed by atoms with Crippen molar-refractivity contribution in [3.63, 3.8) is 0 Å². The molecule has 0 saturated heterocycles. The summed E-state index contributed by atoms with van der Waals surface area (Å²) in [5, 5.41) is 10.4. The molecule has 1 aromatic heterocycles. The van der Waals surface area contributed by atoms with E-state index in [0.29, 0.717) is 12.1 Å². The number of nitriles is 1. The minimum absolute atomic E-state index is 0.674. The smallest absolute Gasteiger partial charge is 0.128 e. The summed E-state index contributed by atoms with van der Waals surface area (Å²) in [5.41, 5.74) is 10.7. The molecule has 3 rings (SSSR count). The lowest BCUT2D eigenvalue weighted by atomic mass is 9.99. The number of hydrogen-bond acceptors (Lipinski definition) is 4. The van der Waals surface area contributed by atoms with Gasteiger partial charge >= 0.3 is 0 Å². The van der Waals surface area contributed by atoms with E-state index in [4.69, 9.17) is 10.5 Å². The zero-order chi connectivity index (χ0) is 18.5. The van der Waals surface area contributed by atoms with E-state index in [-0.39, 0.29) is 0 Å². The molecule has 0 radical (unpaired) electrons. The summed E-state index contributed by atoms with van der Waals surface area (Å²) in [6.45, 7) is 0.687. The molecule has 0 saturated carbocycles. The number of H-pyrrole nitrogens is 1. The number of aromatic amines is 1. The van der Waals surface area contributed by atoms with Crippen molar-refractivity contribution >= 4 is 22.7 Å². The van der Waals surface area contributed by atoms with Gasteiger partial charge in [-0.2, -0.15) is 5.26 Å². The second-order valence-corrected chi connectivity index (χ2v) is 7.04. The Kier molecular flexibility index (Phi) is 5.87. The van der Waals surface area contributed by atoms with Gasteiger partial charge in [0.2, 0.25) is 0 Å². The van der Waals surface area contributed by atoms with Gasteiger partial charge in [-0.1, -0.05) is 0 Å². The predicted molar refractivity (Wildman–Crippen MR) is 109 cm³/mol. The van der Waals surface area contributed by atoms with Gasteiger partial charge < -0.3 is 15.5 Å². The standard InChI is InChI=1S/C21H23N3OS/c1-25-20-9-7-15(26-2)12-18(20)21-16(5-3-4-10-22)17-11-14(13-23)6-8-19(17)24-21/h6-9,11-12,24H,3-5,10,22H2,1-2H3. The normalized spacial score (nSPS) is 10.8. The molecular weight excluding hydrogens is 342 g/mol. The Morgan fingerprint density at radius 2 is 2.04 bits per heavy atom. The number of hydrogen-bond donors (Lipinski definition) is 2. The van der Waals surface area contributed by atoms with E-state index in [1.165, 1.54) is 10.5 Å². The average Bonchev–Trinajstić information content (AvgIpc) is 3.05. The van der Waals surface area contributed by atoms with Gasteiger partial charge in [-0.3, -0.25) is 0 Å². The van der Waals surface area contributed by atoms with Gasteiger partial charge in [-0.25, -0.2) is 0 Å². The first-order chi connectivity index (χ1) is 12.7. The molecule has 0 aliphatic rings. The molecule has 0 bridgehead atoms. The molecule has 134 valence electrons. The Labute approximate surface area is 158 Å². The van der Waals surface area contributed by atoms with Gasteiger partial charge in [0.05, 0.1) is 24.4 Å². The Hall–Kier alpha value is -2.42. The van der Waals surface area contributed by atoms with E-state index in [2.05, 4.69) is 29.4 Å². The number of thioether (sulfide) groups is 1. The van der Waals surface area contributed by atoms with Crippen LogP contribution in [0.2, 0.25) is 0 Å². The molecule has 3 aromatic rings. The monoisotopic (exact) mass is 365 g/mol. The molecule has 0 amide bonds. The molecule has 1 heterocycles. The lowest BCUT2D eigenvalue weighted by molar-refractivity contribution is 0.416. The lowest BCUT2D eigenvalue weighted by Gasteiger charge is -2.11. The summed E-state index contributed by atoms with van der Waals surface area (Å²) >= 11 is 1.71. The zero-order valence-electron chi connectivity index (χ0n) is 15.1. The molecule has 0 unspecified atom stereocenters. The van der Waals surface area contributed by atoms with Crippen LogP contribution in [-0.4, -0.2) is 24.9 Å². The highest BCUT2D eigenvalue weighted by Gasteiger charge is 2.17. The van der Waals surface area contributed by atoms with Crippen molar-refractivity contribution in [2.75, 3.05) is 19.9 Å². The maximum absolute atomic E-state index is 9.28. The summed E-state index contributed by atoms with van der Waals surface area (Å²) in [4.78, 5) is 4.74. The van der Waals surface area contributed by atoms with Crippen molar-refractivity contribution in [2.24, 2.45) is 5.73 Å². The van der Waals surface area contributed by atoms with Crippen molar-refractivity contribution < 1.29 is 4.74 Å². The number of nitrogens with zero attached hydrogens (tertiary/aromatic N) is 1. The molecule has 26 heavy (non-hydrogen) atoms. The van der Waals surface area contributed by atoms with Crippen LogP contribution in [0.1, 0.15) is 24.0 Å². The number of fused-ring (bicyclic) bond motifs is 1. The van der Waals surface area contributed by atoms with Crippen LogP contribution in [0.4, 0.5) is 0 Å². The zero-order valence-corrected chi connectivity index (χ0v) is 16.0. The first-order valence-corrected chi connectivity index (χ1v) is 9.91. The minimum atomic E-state index is 0.674.